The van der Waals surface area contributed by atoms with Crippen molar-refractivity contribution in [2.24, 2.45) is 28.6 Å². The van der Waals surface area contributed by atoms with Crippen LogP contribution < -0.4 is 0 Å². The van der Waals surface area contributed by atoms with E-state index in [0.717, 1.165) is 12.8 Å². The average Bonchev–Trinajstić information content (AvgIpc) is 2.86. The van der Waals surface area contributed by atoms with Gasteiger partial charge in [-0.1, -0.05) is 13.8 Å². The molecular weight excluding hydrogens is 348 g/mol. The van der Waals surface area contributed by atoms with Gasteiger partial charge in [-0.15, -0.1) is 0 Å². The highest BCUT2D eigenvalue weighted by molar-refractivity contribution is 5.88. The number of rotatable bonds is 4. The minimum absolute atomic E-state index is 0.00838. The maximum absolute atomic E-state index is 13.1. The molecule has 3 aliphatic rings. The molecule has 3 aliphatic carbocycles. The Hall–Kier alpha value is -1.72. The van der Waals surface area contributed by atoms with Crippen LogP contribution in [0.25, 0.3) is 0 Å². The fraction of sp³-hybridized carbons (Fsp3) is 0.810. The van der Waals surface area contributed by atoms with Crippen LogP contribution in [-0.4, -0.2) is 34.7 Å². The van der Waals surface area contributed by atoms with E-state index in [-0.39, 0.29) is 54.2 Å². The standard InChI is InChI=1S/C21H30O6/c1-12(22)27-13-6-8-21(3,18(24)10-13)16-7-9-20(2)15(4-5-17(20)23)14(16)11-19(25)26/h13-16H,4-11H2,1-3H3,(H,25,26)/t13-,14?,15?,16?,20-,21+/m0/s1. The van der Waals surface area contributed by atoms with Gasteiger partial charge >= 0.3 is 11.9 Å². The Bertz CT molecular complexity index is 670. The van der Waals surface area contributed by atoms with Crippen LogP contribution in [0.5, 0.6) is 0 Å². The van der Waals surface area contributed by atoms with Gasteiger partial charge in [0.25, 0.3) is 0 Å². The minimum Gasteiger partial charge on any atom is -0.481 e. The first-order valence-electron chi connectivity index (χ1n) is 10.0. The molecule has 0 spiro atoms. The number of esters is 1. The van der Waals surface area contributed by atoms with Crippen molar-refractivity contribution in [1.29, 1.82) is 0 Å². The van der Waals surface area contributed by atoms with Crippen molar-refractivity contribution in [3.8, 4) is 0 Å². The number of carbonyl (C=O) groups excluding carboxylic acids is 3. The summed E-state index contributed by atoms with van der Waals surface area (Å²) >= 11 is 0. The molecule has 0 aromatic rings. The van der Waals surface area contributed by atoms with Crippen molar-refractivity contribution in [3.63, 3.8) is 0 Å². The summed E-state index contributed by atoms with van der Waals surface area (Å²) < 4.78 is 5.23. The minimum atomic E-state index is -0.863. The van der Waals surface area contributed by atoms with Gasteiger partial charge < -0.3 is 9.84 Å². The Kier molecular flexibility index (Phi) is 5.21. The van der Waals surface area contributed by atoms with Crippen LogP contribution in [-0.2, 0) is 23.9 Å². The molecule has 0 amide bonds. The Labute approximate surface area is 160 Å². The van der Waals surface area contributed by atoms with Crippen LogP contribution in [0.15, 0.2) is 0 Å². The summed E-state index contributed by atoms with van der Waals surface area (Å²) in [6.45, 7) is 5.29. The average molecular weight is 378 g/mol. The van der Waals surface area contributed by atoms with E-state index in [4.69, 9.17) is 4.74 Å². The van der Waals surface area contributed by atoms with Crippen molar-refractivity contribution in [2.75, 3.05) is 0 Å². The molecule has 3 fully saturated rings. The highest BCUT2D eigenvalue weighted by atomic mass is 16.5. The predicted octanol–water partition coefficient (Wildman–Crippen LogP) is 3.16. The molecule has 0 heterocycles. The molecule has 6 heteroatoms. The lowest BCUT2D eigenvalue weighted by molar-refractivity contribution is -0.159. The third-order valence-corrected chi connectivity index (χ3v) is 7.74. The van der Waals surface area contributed by atoms with Gasteiger partial charge in [-0.05, 0) is 49.9 Å². The topological polar surface area (TPSA) is 97.7 Å². The van der Waals surface area contributed by atoms with Crippen molar-refractivity contribution < 1.29 is 29.0 Å². The second-order valence-corrected chi connectivity index (χ2v) is 9.21. The Morgan fingerprint density at radius 2 is 1.63 bits per heavy atom. The van der Waals surface area contributed by atoms with Gasteiger partial charge in [0.15, 0.2) is 0 Å². The fourth-order valence-electron chi connectivity index (χ4n) is 6.21. The molecular formula is C21H30O6. The first-order chi connectivity index (χ1) is 12.6. The lowest BCUT2D eigenvalue weighted by Gasteiger charge is -2.52. The zero-order valence-corrected chi connectivity index (χ0v) is 16.5. The number of ketones is 2. The molecule has 0 aliphatic heterocycles. The second kappa shape index (κ2) is 7.02. The van der Waals surface area contributed by atoms with Gasteiger partial charge in [0.05, 0.1) is 0 Å². The quantitative estimate of drug-likeness (QED) is 0.755. The lowest BCUT2D eigenvalue weighted by Crippen LogP contribution is -2.52. The van der Waals surface area contributed by atoms with Crippen molar-refractivity contribution >= 4 is 23.5 Å². The highest BCUT2D eigenvalue weighted by Crippen LogP contribution is 2.60. The summed E-state index contributed by atoms with van der Waals surface area (Å²) in [5, 5.41) is 9.52. The molecule has 3 rings (SSSR count). The number of carboxylic acid groups (broad SMARTS) is 1. The number of aliphatic carboxylic acids is 1. The van der Waals surface area contributed by atoms with Crippen LogP contribution in [0.4, 0.5) is 0 Å². The smallest absolute Gasteiger partial charge is 0.303 e. The number of hydrogen-bond donors (Lipinski definition) is 1. The first kappa shape index (κ1) is 20.0. The number of fused-ring (bicyclic) bond motifs is 1. The van der Waals surface area contributed by atoms with Crippen LogP contribution in [0.2, 0.25) is 0 Å². The Morgan fingerprint density at radius 3 is 2.22 bits per heavy atom. The summed E-state index contributed by atoms with van der Waals surface area (Å²) in [5.74, 6) is -1.09. The second-order valence-electron chi connectivity index (χ2n) is 9.21. The van der Waals surface area contributed by atoms with Gasteiger partial charge in [0.1, 0.15) is 17.7 Å². The molecule has 3 saturated carbocycles. The summed E-state index contributed by atoms with van der Waals surface area (Å²) in [5.41, 5.74) is -1.05. The van der Waals surface area contributed by atoms with E-state index in [1.165, 1.54) is 6.92 Å². The fourth-order valence-corrected chi connectivity index (χ4v) is 6.21. The maximum Gasteiger partial charge on any atom is 0.303 e. The summed E-state index contributed by atoms with van der Waals surface area (Å²) in [4.78, 5) is 48.4. The van der Waals surface area contributed by atoms with Gasteiger partial charge in [-0.25, -0.2) is 0 Å². The molecule has 0 aromatic carbocycles. The van der Waals surface area contributed by atoms with E-state index >= 15 is 0 Å². The van der Waals surface area contributed by atoms with E-state index in [9.17, 15) is 24.3 Å². The zero-order chi connectivity index (χ0) is 20.0. The van der Waals surface area contributed by atoms with E-state index in [2.05, 4.69) is 0 Å². The molecule has 3 unspecified atom stereocenters. The molecule has 150 valence electrons. The molecule has 0 aromatic heterocycles. The van der Waals surface area contributed by atoms with Gasteiger partial charge in [-0.3, -0.25) is 19.2 Å². The van der Waals surface area contributed by atoms with Crippen LogP contribution in [0.3, 0.4) is 0 Å². The molecule has 1 N–H and O–H groups in total. The van der Waals surface area contributed by atoms with E-state index in [1.807, 2.05) is 13.8 Å². The highest BCUT2D eigenvalue weighted by Gasteiger charge is 2.59. The Balaban J connectivity index is 1.86. The van der Waals surface area contributed by atoms with Crippen molar-refractivity contribution in [3.05, 3.63) is 0 Å². The van der Waals surface area contributed by atoms with E-state index < -0.39 is 16.8 Å². The van der Waals surface area contributed by atoms with Crippen molar-refractivity contribution in [2.45, 2.75) is 78.2 Å². The summed E-state index contributed by atoms with van der Waals surface area (Å²) in [6.07, 6.45) is 3.74. The third-order valence-electron chi connectivity index (χ3n) is 7.74. The molecule has 27 heavy (non-hydrogen) atoms. The largest absolute Gasteiger partial charge is 0.481 e. The van der Waals surface area contributed by atoms with E-state index in [0.29, 0.717) is 25.7 Å². The number of carbonyl (C=O) groups is 4. The molecule has 6 atom stereocenters. The van der Waals surface area contributed by atoms with Gasteiger partial charge in [-0.2, -0.15) is 0 Å². The summed E-state index contributed by atoms with van der Waals surface area (Å²) in [7, 11) is 0. The predicted molar refractivity (Wildman–Crippen MR) is 96.8 cm³/mol. The van der Waals surface area contributed by atoms with Gasteiger partial charge in [0, 0.05) is 37.0 Å². The number of hydrogen-bond acceptors (Lipinski definition) is 5. The monoisotopic (exact) mass is 378 g/mol. The third kappa shape index (κ3) is 3.43. The number of Topliss-reactive ketones (excluding diaryl/α,β-unsaturated/α-hetero) is 2. The SMILES string of the molecule is CC(=O)O[C@H]1CC[C@](C)(C2CC[C@]3(C)C(=O)CCC3C2CC(=O)O)C(=O)C1. The van der Waals surface area contributed by atoms with Crippen molar-refractivity contribution in [1.82, 2.24) is 0 Å². The van der Waals surface area contributed by atoms with Gasteiger partial charge in [0.2, 0.25) is 0 Å². The number of carboxylic acids is 1. The zero-order valence-electron chi connectivity index (χ0n) is 16.5. The Morgan fingerprint density at radius 1 is 1.04 bits per heavy atom. The first-order valence-corrected chi connectivity index (χ1v) is 10.0. The van der Waals surface area contributed by atoms with E-state index in [1.54, 1.807) is 0 Å². The maximum atomic E-state index is 13.1. The number of ether oxygens (including phenoxy) is 1. The molecule has 0 bridgehead atoms. The molecule has 6 nitrogen and oxygen atoms in total. The molecule has 0 saturated heterocycles. The van der Waals surface area contributed by atoms with Crippen LogP contribution >= 0.6 is 0 Å². The normalized spacial score (nSPS) is 41.9. The lowest BCUT2D eigenvalue weighted by atomic mass is 9.51. The van der Waals surface area contributed by atoms with Crippen LogP contribution in [0.1, 0.15) is 72.1 Å². The summed E-state index contributed by atoms with van der Waals surface area (Å²) in [6, 6.07) is 0. The van der Waals surface area contributed by atoms with Crippen LogP contribution in [0, 0.1) is 28.6 Å². The molecule has 0 radical (unpaired) electrons.